The van der Waals surface area contributed by atoms with Crippen LogP contribution in [0.25, 0.3) is 0 Å². The second kappa shape index (κ2) is 12.0. The number of benzene rings is 2. The van der Waals surface area contributed by atoms with Gasteiger partial charge >= 0.3 is 0 Å². The van der Waals surface area contributed by atoms with Gasteiger partial charge < -0.3 is 15.0 Å². The van der Waals surface area contributed by atoms with Gasteiger partial charge in [0.15, 0.2) is 6.61 Å². The van der Waals surface area contributed by atoms with Crippen LogP contribution in [-0.4, -0.2) is 42.5 Å². The first-order valence-electron chi connectivity index (χ1n) is 10.7. The smallest absolute Gasteiger partial charge is 0.261 e. The zero-order valence-electron chi connectivity index (χ0n) is 18.6. The van der Waals surface area contributed by atoms with Crippen LogP contribution in [0.5, 0.6) is 5.75 Å². The Labute approximate surface area is 180 Å². The van der Waals surface area contributed by atoms with Crippen molar-refractivity contribution in [2.45, 2.75) is 46.6 Å². The molecule has 0 spiro atoms. The molecule has 1 N–H and O–H groups in total. The van der Waals surface area contributed by atoms with Gasteiger partial charge in [-0.2, -0.15) is 0 Å². The third-order valence-electron chi connectivity index (χ3n) is 4.91. The largest absolute Gasteiger partial charge is 0.484 e. The predicted octanol–water partition coefficient (Wildman–Crippen LogP) is 4.00. The Morgan fingerprint density at radius 3 is 2.43 bits per heavy atom. The van der Waals surface area contributed by atoms with Crippen molar-refractivity contribution in [3.05, 3.63) is 65.7 Å². The van der Waals surface area contributed by atoms with Crippen molar-refractivity contribution in [1.29, 1.82) is 0 Å². The van der Waals surface area contributed by atoms with E-state index in [1.807, 2.05) is 68.4 Å². The van der Waals surface area contributed by atoms with Crippen LogP contribution in [0.4, 0.5) is 0 Å². The van der Waals surface area contributed by atoms with Gasteiger partial charge in [-0.15, -0.1) is 0 Å². The van der Waals surface area contributed by atoms with Gasteiger partial charge in [0.05, 0.1) is 0 Å². The molecule has 0 saturated heterocycles. The lowest BCUT2D eigenvalue weighted by Gasteiger charge is -2.30. The van der Waals surface area contributed by atoms with E-state index >= 15 is 0 Å². The Morgan fingerprint density at radius 1 is 1.07 bits per heavy atom. The molecule has 5 nitrogen and oxygen atoms in total. The fourth-order valence-electron chi connectivity index (χ4n) is 3.25. The minimum absolute atomic E-state index is 0.0911. The molecule has 1 unspecified atom stereocenters. The lowest BCUT2D eigenvalue weighted by atomic mass is 10.1. The summed E-state index contributed by atoms with van der Waals surface area (Å²) in [7, 11) is 0. The van der Waals surface area contributed by atoms with Crippen molar-refractivity contribution in [2.24, 2.45) is 5.92 Å². The van der Waals surface area contributed by atoms with E-state index in [1.54, 1.807) is 4.90 Å². The second-order valence-electron chi connectivity index (χ2n) is 7.99. The Balaban J connectivity index is 2.11. The quantitative estimate of drug-likeness (QED) is 0.609. The summed E-state index contributed by atoms with van der Waals surface area (Å²) in [6.45, 7) is 8.98. The fourth-order valence-corrected chi connectivity index (χ4v) is 3.25. The highest BCUT2D eigenvalue weighted by Gasteiger charge is 2.28. The van der Waals surface area contributed by atoms with Crippen LogP contribution in [0.2, 0.25) is 0 Å². The third-order valence-corrected chi connectivity index (χ3v) is 4.91. The van der Waals surface area contributed by atoms with Gasteiger partial charge in [-0.05, 0) is 48.9 Å². The summed E-state index contributed by atoms with van der Waals surface area (Å²) < 4.78 is 5.73. The standard InChI is InChI=1S/C25H34N2O3/c1-5-23(25(29)26-17-19(2)3)27(15-14-21-11-7-6-8-12-21)24(28)18-30-22-13-9-10-20(4)16-22/h6-13,16,19,23H,5,14-15,17-18H2,1-4H3,(H,26,29). The number of carbonyl (C=O) groups is 2. The Hall–Kier alpha value is -2.82. The van der Waals surface area contributed by atoms with Crippen LogP contribution in [0.3, 0.4) is 0 Å². The van der Waals surface area contributed by atoms with Crippen molar-refractivity contribution in [3.63, 3.8) is 0 Å². The molecule has 0 saturated carbocycles. The molecule has 0 aliphatic carbocycles. The van der Waals surface area contributed by atoms with Crippen molar-refractivity contribution in [3.8, 4) is 5.75 Å². The van der Waals surface area contributed by atoms with E-state index in [0.717, 1.165) is 11.1 Å². The molecule has 0 aromatic heterocycles. The molecule has 2 amide bonds. The van der Waals surface area contributed by atoms with Gasteiger partial charge in [-0.25, -0.2) is 0 Å². The van der Waals surface area contributed by atoms with Crippen LogP contribution >= 0.6 is 0 Å². The first kappa shape index (κ1) is 23.5. The summed E-state index contributed by atoms with van der Waals surface area (Å²) in [6.07, 6.45) is 1.24. The zero-order chi connectivity index (χ0) is 21.9. The molecule has 162 valence electrons. The number of amides is 2. The van der Waals surface area contributed by atoms with Crippen LogP contribution in [0.15, 0.2) is 54.6 Å². The van der Waals surface area contributed by atoms with E-state index in [-0.39, 0.29) is 18.4 Å². The minimum atomic E-state index is -0.513. The summed E-state index contributed by atoms with van der Waals surface area (Å²) in [6, 6.07) is 17.1. The maximum atomic E-state index is 13.1. The Kier molecular flexibility index (Phi) is 9.39. The lowest BCUT2D eigenvalue weighted by molar-refractivity contribution is -0.142. The molecule has 0 heterocycles. The maximum absolute atomic E-state index is 13.1. The molecule has 0 radical (unpaired) electrons. The number of ether oxygens (including phenoxy) is 1. The van der Waals surface area contributed by atoms with E-state index in [9.17, 15) is 9.59 Å². The predicted molar refractivity (Wildman–Crippen MR) is 120 cm³/mol. The molecule has 1 atom stereocenters. The molecule has 0 aliphatic rings. The molecule has 0 fully saturated rings. The van der Waals surface area contributed by atoms with Crippen molar-refractivity contribution < 1.29 is 14.3 Å². The summed E-state index contributed by atoms with van der Waals surface area (Å²) in [5.74, 6) is 0.718. The maximum Gasteiger partial charge on any atom is 0.261 e. The van der Waals surface area contributed by atoms with E-state index < -0.39 is 6.04 Å². The summed E-state index contributed by atoms with van der Waals surface area (Å²) in [5, 5.41) is 2.97. The minimum Gasteiger partial charge on any atom is -0.484 e. The number of aryl methyl sites for hydroxylation is 1. The van der Waals surface area contributed by atoms with Crippen molar-refractivity contribution in [2.75, 3.05) is 19.7 Å². The van der Waals surface area contributed by atoms with E-state index in [4.69, 9.17) is 4.74 Å². The number of carbonyl (C=O) groups excluding carboxylic acids is 2. The van der Waals surface area contributed by atoms with E-state index in [2.05, 4.69) is 19.2 Å². The molecule has 5 heteroatoms. The molecule has 0 bridgehead atoms. The van der Waals surface area contributed by atoms with Gasteiger partial charge in [0.1, 0.15) is 11.8 Å². The Morgan fingerprint density at radius 2 is 1.80 bits per heavy atom. The van der Waals surface area contributed by atoms with E-state index in [1.165, 1.54) is 0 Å². The summed E-state index contributed by atoms with van der Waals surface area (Å²) in [4.78, 5) is 27.6. The van der Waals surface area contributed by atoms with Crippen LogP contribution in [0.1, 0.15) is 38.3 Å². The van der Waals surface area contributed by atoms with Gasteiger partial charge in [0, 0.05) is 13.1 Å². The number of rotatable bonds is 11. The third kappa shape index (κ3) is 7.54. The number of hydrogen-bond acceptors (Lipinski definition) is 3. The fraction of sp³-hybridized carbons (Fsp3) is 0.440. The van der Waals surface area contributed by atoms with Crippen LogP contribution < -0.4 is 10.1 Å². The molecule has 30 heavy (non-hydrogen) atoms. The van der Waals surface area contributed by atoms with Crippen LogP contribution in [0, 0.1) is 12.8 Å². The van der Waals surface area contributed by atoms with E-state index in [0.29, 0.717) is 37.6 Å². The van der Waals surface area contributed by atoms with Gasteiger partial charge in [0.25, 0.3) is 5.91 Å². The monoisotopic (exact) mass is 410 g/mol. The molecule has 2 aromatic carbocycles. The highest BCUT2D eigenvalue weighted by molar-refractivity contribution is 5.88. The van der Waals surface area contributed by atoms with Crippen molar-refractivity contribution >= 4 is 11.8 Å². The van der Waals surface area contributed by atoms with Gasteiger partial charge in [-0.1, -0.05) is 63.2 Å². The highest BCUT2D eigenvalue weighted by Crippen LogP contribution is 2.14. The second-order valence-corrected chi connectivity index (χ2v) is 7.99. The molecular weight excluding hydrogens is 376 g/mol. The number of hydrogen-bond donors (Lipinski definition) is 1. The van der Waals surface area contributed by atoms with Crippen LogP contribution in [-0.2, 0) is 16.0 Å². The average molecular weight is 411 g/mol. The molecular formula is C25H34N2O3. The first-order valence-corrected chi connectivity index (χ1v) is 10.7. The molecule has 2 aromatic rings. The number of nitrogens with one attached hydrogen (secondary N) is 1. The SMILES string of the molecule is CCC(C(=O)NCC(C)C)N(CCc1ccccc1)C(=O)COc1cccc(C)c1. The average Bonchev–Trinajstić information content (AvgIpc) is 2.74. The van der Waals surface area contributed by atoms with Gasteiger partial charge in [-0.3, -0.25) is 9.59 Å². The van der Waals surface area contributed by atoms with Crippen molar-refractivity contribution in [1.82, 2.24) is 10.2 Å². The zero-order valence-corrected chi connectivity index (χ0v) is 18.6. The Bertz CT molecular complexity index is 805. The summed E-state index contributed by atoms with van der Waals surface area (Å²) >= 11 is 0. The first-order chi connectivity index (χ1) is 14.4. The molecule has 0 aliphatic heterocycles. The highest BCUT2D eigenvalue weighted by atomic mass is 16.5. The summed E-state index contributed by atoms with van der Waals surface area (Å²) in [5.41, 5.74) is 2.20. The topological polar surface area (TPSA) is 58.6 Å². The molecule has 2 rings (SSSR count). The lowest BCUT2D eigenvalue weighted by Crippen LogP contribution is -2.51. The normalized spacial score (nSPS) is 11.8. The van der Waals surface area contributed by atoms with Gasteiger partial charge in [0.2, 0.25) is 5.91 Å². The number of nitrogens with zero attached hydrogens (tertiary/aromatic N) is 1.